The van der Waals surface area contributed by atoms with Crippen molar-refractivity contribution in [1.82, 2.24) is 4.90 Å². The zero-order chi connectivity index (χ0) is 19.2. The molecule has 0 N–H and O–H groups in total. The summed E-state index contributed by atoms with van der Waals surface area (Å²) in [5.41, 5.74) is 1.61. The zero-order valence-electron chi connectivity index (χ0n) is 15.3. The first kappa shape index (κ1) is 18.5. The Kier molecular flexibility index (Phi) is 5.71. The van der Waals surface area contributed by atoms with Crippen LogP contribution in [0.4, 0.5) is 0 Å². The molecule has 0 radical (unpaired) electrons. The number of ether oxygens (including phenoxy) is 2. The zero-order valence-corrected chi connectivity index (χ0v) is 15.3. The van der Waals surface area contributed by atoms with Crippen LogP contribution in [-0.4, -0.2) is 37.9 Å². The molecule has 0 fully saturated rings. The molecule has 1 amide bonds. The Hall–Kier alpha value is -3.34. The second kappa shape index (κ2) is 8.36. The molecule has 0 aromatic heterocycles. The van der Waals surface area contributed by atoms with Crippen LogP contribution in [0.25, 0.3) is 10.8 Å². The van der Waals surface area contributed by atoms with Crippen molar-refractivity contribution in [1.29, 1.82) is 0 Å². The van der Waals surface area contributed by atoms with E-state index in [9.17, 15) is 9.59 Å². The molecule has 0 aliphatic heterocycles. The summed E-state index contributed by atoms with van der Waals surface area (Å²) in [6.45, 7) is 0.440. The highest BCUT2D eigenvalue weighted by atomic mass is 16.5. The number of aldehydes is 1. The predicted molar refractivity (Wildman–Crippen MR) is 104 cm³/mol. The van der Waals surface area contributed by atoms with Gasteiger partial charge in [0.15, 0.2) is 6.61 Å². The minimum Gasteiger partial charge on any atom is -0.497 e. The first-order valence-corrected chi connectivity index (χ1v) is 8.58. The fourth-order valence-electron chi connectivity index (χ4n) is 2.76. The molecule has 3 rings (SSSR count). The van der Waals surface area contributed by atoms with Crippen LogP contribution in [0.15, 0.2) is 60.7 Å². The molecule has 0 saturated carbocycles. The maximum Gasteiger partial charge on any atom is 0.260 e. The molecule has 3 aromatic carbocycles. The molecule has 0 saturated heterocycles. The molecule has 3 aromatic rings. The summed E-state index contributed by atoms with van der Waals surface area (Å²) in [4.78, 5) is 24.6. The number of carbonyl (C=O) groups excluding carboxylic acids is 2. The summed E-state index contributed by atoms with van der Waals surface area (Å²) in [5.74, 6) is 1.26. The molecule has 0 heterocycles. The van der Waals surface area contributed by atoms with E-state index in [1.165, 1.54) is 0 Å². The molecule has 0 aliphatic carbocycles. The summed E-state index contributed by atoms with van der Waals surface area (Å²) < 4.78 is 10.7. The summed E-state index contributed by atoms with van der Waals surface area (Å²) >= 11 is 0. The Morgan fingerprint density at radius 2 is 1.63 bits per heavy atom. The molecule has 0 bridgehead atoms. The van der Waals surface area contributed by atoms with Crippen LogP contribution < -0.4 is 9.47 Å². The number of hydrogen-bond acceptors (Lipinski definition) is 4. The number of carbonyl (C=O) groups is 2. The van der Waals surface area contributed by atoms with Crippen LogP contribution in [0, 0.1) is 0 Å². The van der Waals surface area contributed by atoms with Crippen molar-refractivity contribution in [2.24, 2.45) is 0 Å². The van der Waals surface area contributed by atoms with Crippen molar-refractivity contribution in [3.63, 3.8) is 0 Å². The topological polar surface area (TPSA) is 55.8 Å². The molecule has 0 unspecified atom stereocenters. The van der Waals surface area contributed by atoms with Crippen molar-refractivity contribution >= 4 is 23.0 Å². The van der Waals surface area contributed by atoms with E-state index < -0.39 is 0 Å². The third-order valence-electron chi connectivity index (χ3n) is 4.34. The van der Waals surface area contributed by atoms with Gasteiger partial charge in [0.2, 0.25) is 0 Å². The first-order valence-electron chi connectivity index (χ1n) is 8.58. The number of methoxy groups -OCH3 is 1. The van der Waals surface area contributed by atoms with Crippen LogP contribution in [-0.2, 0) is 11.3 Å². The largest absolute Gasteiger partial charge is 0.497 e. The van der Waals surface area contributed by atoms with E-state index in [1.54, 1.807) is 43.3 Å². The van der Waals surface area contributed by atoms with Crippen molar-refractivity contribution in [2.75, 3.05) is 20.8 Å². The second-order valence-corrected chi connectivity index (χ2v) is 6.27. The van der Waals surface area contributed by atoms with E-state index in [1.807, 2.05) is 30.3 Å². The number of fused-ring (bicyclic) bond motifs is 1. The van der Waals surface area contributed by atoms with Crippen molar-refractivity contribution < 1.29 is 19.1 Å². The van der Waals surface area contributed by atoms with Crippen LogP contribution in [0.3, 0.4) is 0 Å². The van der Waals surface area contributed by atoms with Gasteiger partial charge in [0.25, 0.3) is 5.91 Å². The molecule has 138 valence electrons. The maximum atomic E-state index is 12.3. The average Bonchev–Trinajstić information content (AvgIpc) is 2.71. The van der Waals surface area contributed by atoms with Gasteiger partial charge in [-0.05, 0) is 58.8 Å². The highest BCUT2D eigenvalue weighted by Gasteiger charge is 2.11. The minimum absolute atomic E-state index is 0.0539. The summed E-state index contributed by atoms with van der Waals surface area (Å²) in [6, 6.07) is 18.7. The molecule has 5 nitrogen and oxygen atoms in total. The fraction of sp³-hybridized carbons (Fsp3) is 0.182. The molecule has 5 heteroatoms. The monoisotopic (exact) mass is 363 g/mol. The third-order valence-corrected chi connectivity index (χ3v) is 4.34. The Balaban J connectivity index is 1.59. The Labute approximate surface area is 158 Å². The lowest BCUT2D eigenvalue weighted by Gasteiger charge is -2.18. The fourth-order valence-corrected chi connectivity index (χ4v) is 2.76. The number of rotatable bonds is 7. The van der Waals surface area contributed by atoms with Crippen molar-refractivity contribution in [2.45, 2.75) is 6.54 Å². The predicted octanol–water partition coefficient (Wildman–Crippen LogP) is 3.70. The van der Waals surface area contributed by atoms with Gasteiger partial charge in [0, 0.05) is 19.2 Å². The minimum atomic E-state index is -0.121. The van der Waals surface area contributed by atoms with Gasteiger partial charge in [-0.1, -0.05) is 18.2 Å². The normalized spacial score (nSPS) is 10.4. The second-order valence-electron chi connectivity index (χ2n) is 6.27. The number of nitrogens with zero attached hydrogens (tertiary/aromatic N) is 1. The van der Waals surface area contributed by atoms with Crippen LogP contribution >= 0.6 is 0 Å². The standard InChI is InChI=1S/C22H21NO4/c1-23(22(25)15-27-20-8-4-16(14-24)5-9-20)13-17-3-6-19-12-21(26-2)10-7-18(19)11-17/h3-12,14H,13,15H2,1-2H3. The van der Waals surface area contributed by atoms with Gasteiger partial charge >= 0.3 is 0 Å². The van der Waals surface area contributed by atoms with Gasteiger partial charge < -0.3 is 14.4 Å². The van der Waals surface area contributed by atoms with E-state index >= 15 is 0 Å². The molecular formula is C22H21NO4. The Morgan fingerprint density at radius 3 is 2.33 bits per heavy atom. The lowest BCUT2D eigenvalue weighted by molar-refractivity contribution is -0.132. The van der Waals surface area contributed by atoms with Gasteiger partial charge in [-0.25, -0.2) is 0 Å². The Morgan fingerprint density at radius 1 is 0.963 bits per heavy atom. The highest BCUT2D eigenvalue weighted by Crippen LogP contribution is 2.22. The number of benzene rings is 3. The average molecular weight is 363 g/mol. The van der Waals surface area contributed by atoms with E-state index in [4.69, 9.17) is 9.47 Å². The number of amides is 1. The van der Waals surface area contributed by atoms with Crippen LogP contribution in [0.2, 0.25) is 0 Å². The van der Waals surface area contributed by atoms with E-state index in [2.05, 4.69) is 6.07 Å². The number of hydrogen-bond donors (Lipinski definition) is 0. The summed E-state index contributed by atoms with van der Waals surface area (Å²) in [5, 5.41) is 2.19. The van der Waals surface area contributed by atoms with E-state index in [-0.39, 0.29) is 12.5 Å². The third kappa shape index (κ3) is 4.64. The number of likely N-dealkylation sites (N-methyl/N-ethyl adjacent to an activating group) is 1. The molecular weight excluding hydrogens is 342 g/mol. The Bertz CT molecular complexity index is 950. The van der Waals surface area contributed by atoms with E-state index in [0.717, 1.165) is 28.4 Å². The van der Waals surface area contributed by atoms with Crippen molar-refractivity contribution in [3.05, 3.63) is 71.8 Å². The van der Waals surface area contributed by atoms with Gasteiger partial charge in [0.1, 0.15) is 17.8 Å². The smallest absolute Gasteiger partial charge is 0.260 e. The van der Waals surface area contributed by atoms with Gasteiger partial charge in [0.05, 0.1) is 7.11 Å². The lowest BCUT2D eigenvalue weighted by atomic mass is 10.1. The molecule has 0 aliphatic rings. The van der Waals surface area contributed by atoms with Gasteiger partial charge in [-0.3, -0.25) is 9.59 Å². The molecule has 0 atom stereocenters. The van der Waals surface area contributed by atoms with Gasteiger partial charge in [-0.15, -0.1) is 0 Å². The molecule has 27 heavy (non-hydrogen) atoms. The molecule has 0 spiro atoms. The summed E-state index contributed by atoms with van der Waals surface area (Å²) in [6.07, 6.45) is 0.766. The van der Waals surface area contributed by atoms with Crippen molar-refractivity contribution in [3.8, 4) is 11.5 Å². The summed E-state index contributed by atoms with van der Waals surface area (Å²) in [7, 11) is 3.40. The highest BCUT2D eigenvalue weighted by molar-refractivity contribution is 5.84. The van der Waals surface area contributed by atoms with Crippen LogP contribution in [0.5, 0.6) is 11.5 Å². The van der Waals surface area contributed by atoms with Gasteiger partial charge in [-0.2, -0.15) is 0 Å². The SMILES string of the molecule is COc1ccc2cc(CN(C)C(=O)COc3ccc(C=O)cc3)ccc2c1. The van der Waals surface area contributed by atoms with E-state index in [0.29, 0.717) is 17.9 Å². The van der Waals surface area contributed by atoms with Crippen LogP contribution in [0.1, 0.15) is 15.9 Å². The maximum absolute atomic E-state index is 12.3. The first-order chi connectivity index (χ1) is 13.1. The lowest BCUT2D eigenvalue weighted by Crippen LogP contribution is -2.30. The quantitative estimate of drug-likeness (QED) is 0.601.